The van der Waals surface area contributed by atoms with Crippen LogP contribution in [-0.4, -0.2) is 48.1 Å². The van der Waals surface area contributed by atoms with Crippen LogP contribution in [0.5, 0.6) is 11.5 Å². The first kappa shape index (κ1) is 19.7. The van der Waals surface area contributed by atoms with Crippen LogP contribution in [0, 0.1) is 0 Å². The molecule has 0 radical (unpaired) electrons. The van der Waals surface area contributed by atoms with Crippen LogP contribution in [0.2, 0.25) is 0 Å². The van der Waals surface area contributed by atoms with E-state index in [0.29, 0.717) is 16.6 Å². The zero-order valence-corrected chi connectivity index (χ0v) is 17.9. The molecular formula is C23H26N2O3S. The Morgan fingerprint density at radius 1 is 1.07 bits per heavy atom. The average molecular weight is 411 g/mol. The van der Waals surface area contributed by atoms with E-state index in [0.717, 1.165) is 47.8 Å². The lowest BCUT2D eigenvalue weighted by Crippen LogP contribution is -2.41. The SMILES string of the molecule is COc1ccc2ccc(OC)c(/C=C3/C(=O)N(C4CCCCC4)C(=S)N3C)c2c1. The lowest BCUT2D eigenvalue weighted by Gasteiger charge is -2.30. The summed E-state index contributed by atoms with van der Waals surface area (Å²) < 4.78 is 11.0. The fourth-order valence-electron chi connectivity index (χ4n) is 4.33. The molecule has 0 bridgehead atoms. The molecule has 1 saturated heterocycles. The fraction of sp³-hybridized carbons (Fsp3) is 0.391. The van der Waals surface area contributed by atoms with Crippen LogP contribution in [-0.2, 0) is 4.79 Å². The van der Waals surface area contributed by atoms with Crippen molar-refractivity contribution in [2.45, 2.75) is 38.1 Å². The third kappa shape index (κ3) is 3.46. The predicted molar refractivity (Wildman–Crippen MR) is 119 cm³/mol. The number of rotatable bonds is 4. The van der Waals surface area contributed by atoms with Crippen LogP contribution in [0.3, 0.4) is 0 Å². The van der Waals surface area contributed by atoms with Gasteiger partial charge in [0, 0.05) is 18.7 Å². The average Bonchev–Trinajstić information content (AvgIpc) is 2.97. The van der Waals surface area contributed by atoms with Gasteiger partial charge < -0.3 is 14.4 Å². The molecule has 29 heavy (non-hydrogen) atoms. The maximum absolute atomic E-state index is 13.4. The Morgan fingerprint density at radius 3 is 2.48 bits per heavy atom. The Bertz CT molecular complexity index is 990. The topological polar surface area (TPSA) is 42.0 Å². The lowest BCUT2D eigenvalue weighted by molar-refractivity contribution is -0.124. The van der Waals surface area contributed by atoms with Gasteiger partial charge in [0.2, 0.25) is 0 Å². The summed E-state index contributed by atoms with van der Waals surface area (Å²) in [6.07, 6.45) is 7.47. The van der Waals surface area contributed by atoms with Gasteiger partial charge in [0.1, 0.15) is 17.2 Å². The van der Waals surface area contributed by atoms with Crippen molar-refractivity contribution < 1.29 is 14.3 Å². The first-order chi connectivity index (χ1) is 14.0. The molecule has 4 rings (SSSR count). The molecule has 0 aromatic heterocycles. The van der Waals surface area contributed by atoms with E-state index in [1.54, 1.807) is 14.2 Å². The summed E-state index contributed by atoms with van der Waals surface area (Å²) in [6.45, 7) is 0. The number of benzene rings is 2. The fourth-order valence-corrected chi connectivity index (χ4v) is 4.66. The summed E-state index contributed by atoms with van der Waals surface area (Å²) in [5, 5.41) is 2.61. The molecule has 0 spiro atoms. The Labute approximate surface area is 176 Å². The van der Waals surface area contributed by atoms with Gasteiger partial charge in [-0.3, -0.25) is 9.69 Å². The van der Waals surface area contributed by atoms with E-state index in [1.165, 1.54) is 6.42 Å². The molecule has 5 nitrogen and oxygen atoms in total. The molecule has 0 atom stereocenters. The van der Waals surface area contributed by atoms with Gasteiger partial charge in [0.25, 0.3) is 5.91 Å². The van der Waals surface area contributed by atoms with Crippen molar-refractivity contribution in [1.29, 1.82) is 0 Å². The summed E-state index contributed by atoms with van der Waals surface area (Å²) in [5.74, 6) is 1.45. The lowest BCUT2D eigenvalue weighted by atomic mass is 9.94. The second-order valence-corrected chi connectivity index (χ2v) is 7.97. The van der Waals surface area contributed by atoms with E-state index < -0.39 is 0 Å². The number of thiocarbonyl (C=S) groups is 1. The Kier molecular flexibility index (Phi) is 5.46. The summed E-state index contributed by atoms with van der Waals surface area (Å²) in [6, 6.07) is 10.0. The minimum atomic E-state index is -0.0219. The van der Waals surface area contributed by atoms with E-state index in [2.05, 4.69) is 0 Å². The number of hydrogen-bond acceptors (Lipinski definition) is 4. The molecule has 0 N–H and O–H groups in total. The van der Waals surface area contributed by atoms with Crippen molar-refractivity contribution in [2.75, 3.05) is 21.3 Å². The number of carbonyl (C=O) groups is 1. The van der Waals surface area contributed by atoms with E-state index in [1.807, 2.05) is 53.3 Å². The van der Waals surface area contributed by atoms with Crippen molar-refractivity contribution in [2.24, 2.45) is 0 Å². The standard InChI is InChI=1S/C23H26N2O3S/c1-24-20(22(26)25(23(24)29)16-7-5-4-6-8-16)14-19-18-13-17(27-2)11-9-15(18)10-12-21(19)28-3/h9-14,16H,4-8H2,1-3H3/b20-14-. The minimum absolute atomic E-state index is 0.0219. The molecule has 1 aliphatic carbocycles. The van der Waals surface area contributed by atoms with Crippen molar-refractivity contribution in [3.63, 3.8) is 0 Å². The van der Waals surface area contributed by atoms with Gasteiger partial charge in [-0.15, -0.1) is 0 Å². The van der Waals surface area contributed by atoms with Gasteiger partial charge in [-0.2, -0.15) is 0 Å². The summed E-state index contributed by atoms with van der Waals surface area (Å²) in [7, 11) is 5.16. The van der Waals surface area contributed by atoms with Gasteiger partial charge in [-0.1, -0.05) is 31.4 Å². The van der Waals surface area contributed by atoms with Crippen LogP contribution in [0.1, 0.15) is 37.7 Å². The normalized spacial score (nSPS) is 19.5. The quantitative estimate of drug-likeness (QED) is 0.545. The van der Waals surface area contributed by atoms with E-state index in [9.17, 15) is 4.79 Å². The Hall–Kier alpha value is -2.60. The number of methoxy groups -OCH3 is 2. The smallest absolute Gasteiger partial charge is 0.277 e. The molecule has 1 amide bonds. The number of nitrogens with zero attached hydrogens (tertiary/aromatic N) is 2. The first-order valence-electron chi connectivity index (χ1n) is 10.0. The summed E-state index contributed by atoms with van der Waals surface area (Å²) in [4.78, 5) is 17.0. The molecule has 2 aliphatic rings. The second kappa shape index (κ2) is 8.03. The number of carbonyl (C=O) groups excluding carboxylic acids is 1. The molecule has 1 aliphatic heterocycles. The van der Waals surface area contributed by atoms with Crippen LogP contribution in [0.15, 0.2) is 36.0 Å². The minimum Gasteiger partial charge on any atom is -0.497 e. The van der Waals surface area contributed by atoms with Crippen LogP contribution >= 0.6 is 12.2 Å². The predicted octanol–water partition coefficient (Wildman–Crippen LogP) is 4.59. The highest BCUT2D eigenvalue weighted by Gasteiger charge is 2.40. The molecule has 6 heteroatoms. The molecule has 0 unspecified atom stereocenters. The maximum atomic E-state index is 13.4. The van der Waals surface area contributed by atoms with E-state index in [4.69, 9.17) is 21.7 Å². The van der Waals surface area contributed by atoms with Crippen LogP contribution < -0.4 is 9.47 Å². The van der Waals surface area contributed by atoms with E-state index in [-0.39, 0.29) is 11.9 Å². The molecular weight excluding hydrogens is 384 g/mol. The van der Waals surface area contributed by atoms with Crippen molar-refractivity contribution in [1.82, 2.24) is 9.80 Å². The number of ether oxygens (including phenoxy) is 2. The highest BCUT2D eigenvalue weighted by atomic mass is 32.1. The number of likely N-dealkylation sites (N-methyl/N-ethyl adjacent to an activating group) is 1. The highest BCUT2D eigenvalue weighted by Crippen LogP contribution is 2.35. The number of amides is 1. The van der Waals surface area contributed by atoms with Crippen molar-refractivity contribution in [3.05, 3.63) is 41.6 Å². The van der Waals surface area contributed by atoms with Crippen molar-refractivity contribution >= 4 is 40.1 Å². The van der Waals surface area contributed by atoms with Gasteiger partial charge in [0.05, 0.1) is 14.2 Å². The molecule has 1 heterocycles. The molecule has 2 fully saturated rings. The third-order valence-corrected chi connectivity index (χ3v) is 6.43. The summed E-state index contributed by atoms with van der Waals surface area (Å²) >= 11 is 5.65. The molecule has 2 aromatic rings. The molecule has 2 aromatic carbocycles. The summed E-state index contributed by atoms with van der Waals surface area (Å²) in [5.41, 5.74) is 1.43. The van der Waals surface area contributed by atoms with Crippen molar-refractivity contribution in [3.8, 4) is 11.5 Å². The van der Waals surface area contributed by atoms with Gasteiger partial charge in [0.15, 0.2) is 5.11 Å². The zero-order chi connectivity index (χ0) is 20.5. The zero-order valence-electron chi connectivity index (χ0n) is 17.1. The Morgan fingerprint density at radius 2 is 1.79 bits per heavy atom. The van der Waals surface area contributed by atoms with Crippen LogP contribution in [0.4, 0.5) is 0 Å². The monoisotopic (exact) mass is 410 g/mol. The highest BCUT2D eigenvalue weighted by molar-refractivity contribution is 7.80. The number of fused-ring (bicyclic) bond motifs is 1. The first-order valence-corrected chi connectivity index (χ1v) is 10.4. The van der Waals surface area contributed by atoms with Gasteiger partial charge in [-0.25, -0.2) is 0 Å². The Balaban J connectivity index is 1.81. The third-order valence-electron chi connectivity index (χ3n) is 5.96. The van der Waals surface area contributed by atoms with Gasteiger partial charge >= 0.3 is 0 Å². The largest absolute Gasteiger partial charge is 0.497 e. The van der Waals surface area contributed by atoms with Gasteiger partial charge in [-0.05, 0) is 60.1 Å². The maximum Gasteiger partial charge on any atom is 0.277 e. The van der Waals surface area contributed by atoms with E-state index >= 15 is 0 Å². The molecule has 152 valence electrons. The molecule has 1 saturated carbocycles. The second-order valence-electron chi connectivity index (χ2n) is 7.61. The number of hydrogen-bond donors (Lipinski definition) is 0. The van der Waals surface area contributed by atoms with Crippen LogP contribution in [0.25, 0.3) is 16.8 Å².